The Morgan fingerprint density at radius 3 is 2.84 bits per heavy atom. The van der Waals surface area contributed by atoms with E-state index in [4.69, 9.17) is 5.73 Å². The fourth-order valence-corrected chi connectivity index (χ4v) is 1.66. The lowest BCUT2D eigenvalue weighted by Gasteiger charge is -2.28. The van der Waals surface area contributed by atoms with E-state index in [1.807, 2.05) is 0 Å². The number of rotatable bonds is 3. The summed E-state index contributed by atoms with van der Waals surface area (Å²) in [7, 11) is 0. The highest BCUT2D eigenvalue weighted by atomic mass is 16.3. The largest absolute Gasteiger partial charge is 0.399 e. The first-order valence-corrected chi connectivity index (χ1v) is 6.05. The highest BCUT2D eigenvalue weighted by Crippen LogP contribution is 2.20. The lowest BCUT2D eigenvalue weighted by atomic mass is 9.98. The molecule has 0 fully saturated rings. The molecule has 0 bridgehead atoms. The number of aliphatic hydroxyl groups excluding tert-OH is 1. The van der Waals surface area contributed by atoms with Gasteiger partial charge in [0.2, 0.25) is 0 Å². The van der Waals surface area contributed by atoms with Crippen molar-refractivity contribution in [3.05, 3.63) is 23.9 Å². The predicted octanol–water partition coefficient (Wildman–Crippen LogP) is 1.03. The Bertz CT molecular complexity index is 616. The van der Waals surface area contributed by atoms with Crippen molar-refractivity contribution in [2.24, 2.45) is 0 Å². The second kappa shape index (κ2) is 4.55. The topological polar surface area (TPSA) is 104 Å². The number of hydrogen-bond donors (Lipinski definition) is 4. The van der Waals surface area contributed by atoms with Crippen molar-refractivity contribution in [3.8, 4) is 0 Å². The second-order valence-corrected chi connectivity index (χ2v) is 5.23. The molecule has 0 spiro atoms. The minimum atomic E-state index is -0.733. The Kier molecular flexibility index (Phi) is 3.20. The van der Waals surface area contributed by atoms with Crippen molar-refractivity contribution in [3.63, 3.8) is 0 Å². The number of aromatic nitrogens is 2. The van der Waals surface area contributed by atoms with Crippen LogP contribution in [-0.4, -0.2) is 32.9 Å². The minimum absolute atomic E-state index is 0.274. The quantitative estimate of drug-likeness (QED) is 0.620. The summed E-state index contributed by atoms with van der Waals surface area (Å²) in [4.78, 5) is 12.2. The van der Waals surface area contributed by atoms with E-state index in [0.29, 0.717) is 11.1 Å². The number of nitrogens with two attached hydrogens (primary N) is 1. The summed E-state index contributed by atoms with van der Waals surface area (Å²) in [6, 6.07) is 5.21. The van der Waals surface area contributed by atoms with Gasteiger partial charge in [-0.2, -0.15) is 5.10 Å². The number of aromatic amines is 1. The molecule has 0 aliphatic rings. The Morgan fingerprint density at radius 2 is 2.21 bits per heavy atom. The first kappa shape index (κ1) is 13.4. The van der Waals surface area contributed by atoms with E-state index in [-0.39, 0.29) is 11.6 Å². The molecule has 1 heterocycles. The first-order valence-electron chi connectivity index (χ1n) is 6.05. The molecule has 19 heavy (non-hydrogen) atoms. The van der Waals surface area contributed by atoms with Crippen LogP contribution >= 0.6 is 0 Å². The maximum absolute atomic E-state index is 12.2. The van der Waals surface area contributed by atoms with Crippen LogP contribution in [0.1, 0.15) is 31.3 Å². The number of nitrogens with zero attached hydrogens (tertiary/aromatic N) is 1. The molecule has 102 valence electrons. The fraction of sp³-hybridized carbons (Fsp3) is 0.385. The van der Waals surface area contributed by atoms with Gasteiger partial charge >= 0.3 is 0 Å². The number of carbonyl (C=O) groups excluding carboxylic acids is 1. The molecule has 1 unspecified atom stereocenters. The summed E-state index contributed by atoms with van der Waals surface area (Å²) < 4.78 is 0. The van der Waals surface area contributed by atoms with Crippen LogP contribution in [0.3, 0.4) is 0 Å². The average Bonchev–Trinajstić information content (AvgIpc) is 2.70. The SMILES string of the molecule is CC(O)C(C)(C)NC(=O)c1n[nH]c2ccc(N)cc12. The number of fused-ring (bicyclic) bond motifs is 1. The van der Waals surface area contributed by atoms with Crippen LogP contribution in [-0.2, 0) is 0 Å². The molecule has 6 nitrogen and oxygen atoms in total. The number of benzene rings is 1. The third-order valence-corrected chi connectivity index (χ3v) is 3.28. The number of anilines is 1. The summed E-state index contributed by atoms with van der Waals surface area (Å²) in [5.74, 6) is -0.345. The molecule has 0 saturated carbocycles. The lowest BCUT2D eigenvalue weighted by molar-refractivity contribution is 0.0706. The number of amides is 1. The summed E-state index contributed by atoms with van der Waals surface area (Å²) in [6.07, 6.45) is -0.674. The minimum Gasteiger partial charge on any atom is -0.399 e. The highest BCUT2D eigenvalue weighted by Gasteiger charge is 2.28. The molecule has 0 saturated heterocycles. The van der Waals surface area contributed by atoms with Crippen LogP contribution in [0, 0.1) is 0 Å². The molecule has 1 atom stereocenters. The smallest absolute Gasteiger partial charge is 0.272 e. The molecule has 0 radical (unpaired) electrons. The maximum Gasteiger partial charge on any atom is 0.272 e. The van der Waals surface area contributed by atoms with Crippen LogP contribution < -0.4 is 11.1 Å². The normalized spacial score (nSPS) is 13.5. The fourth-order valence-electron chi connectivity index (χ4n) is 1.66. The van der Waals surface area contributed by atoms with Gasteiger partial charge in [0.15, 0.2) is 5.69 Å². The van der Waals surface area contributed by atoms with Crippen molar-refractivity contribution in [1.29, 1.82) is 0 Å². The molecule has 0 aliphatic carbocycles. The zero-order valence-electron chi connectivity index (χ0n) is 11.2. The summed E-state index contributed by atoms with van der Waals surface area (Å²) in [5.41, 5.74) is 6.57. The number of carbonyl (C=O) groups is 1. The molecule has 6 heteroatoms. The Balaban J connectivity index is 2.34. The molecule has 5 N–H and O–H groups in total. The van der Waals surface area contributed by atoms with E-state index in [9.17, 15) is 9.90 Å². The molecule has 0 aliphatic heterocycles. The van der Waals surface area contributed by atoms with Crippen molar-refractivity contribution in [2.75, 3.05) is 5.73 Å². The maximum atomic E-state index is 12.2. The second-order valence-electron chi connectivity index (χ2n) is 5.23. The van der Waals surface area contributed by atoms with Crippen LogP contribution in [0.2, 0.25) is 0 Å². The van der Waals surface area contributed by atoms with Gasteiger partial charge in [0.1, 0.15) is 0 Å². The van der Waals surface area contributed by atoms with Crippen molar-refractivity contribution in [2.45, 2.75) is 32.4 Å². The zero-order valence-corrected chi connectivity index (χ0v) is 11.2. The van der Waals surface area contributed by atoms with Gasteiger partial charge < -0.3 is 16.2 Å². The van der Waals surface area contributed by atoms with Crippen molar-refractivity contribution >= 4 is 22.5 Å². The lowest BCUT2D eigenvalue weighted by Crippen LogP contribution is -2.51. The average molecular weight is 262 g/mol. The molecule has 1 aromatic heterocycles. The van der Waals surface area contributed by atoms with Crippen LogP contribution in [0.4, 0.5) is 5.69 Å². The molecule has 2 aromatic rings. The van der Waals surface area contributed by atoms with Crippen molar-refractivity contribution in [1.82, 2.24) is 15.5 Å². The summed E-state index contributed by atoms with van der Waals surface area (Å²) in [6.45, 7) is 5.12. The van der Waals surface area contributed by atoms with E-state index in [0.717, 1.165) is 5.52 Å². The Morgan fingerprint density at radius 1 is 1.53 bits per heavy atom. The molecule has 1 amide bonds. The van der Waals surface area contributed by atoms with E-state index in [1.54, 1.807) is 39.0 Å². The van der Waals surface area contributed by atoms with Crippen LogP contribution in [0.15, 0.2) is 18.2 Å². The van der Waals surface area contributed by atoms with Gasteiger partial charge in [0, 0.05) is 11.1 Å². The van der Waals surface area contributed by atoms with E-state index < -0.39 is 11.6 Å². The first-order chi connectivity index (χ1) is 8.81. The van der Waals surface area contributed by atoms with Gasteiger partial charge in [-0.1, -0.05) is 0 Å². The summed E-state index contributed by atoms with van der Waals surface area (Å²) >= 11 is 0. The predicted molar refractivity (Wildman–Crippen MR) is 73.7 cm³/mol. The number of aliphatic hydroxyl groups is 1. The number of nitrogens with one attached hydrogen (secondary N) is 2. The van der Waals surface area contributed by atoms with Crippen LogP contribution in [0.25, 0.3) is 10.9 Å². The van der Waals surface area contributed by atoms with E-state index >= 15 is 0 Å². The molecular weight excluding hydrogens is 244 g/mol. The third-order valence-electron chi connectivity index (χ3n) is 3.28. The third kappa shape index (κ3) is 2.53. The molecule has 1 aromatic carbocycles. The standard InChI is InChI=1S/C13H18N4O2/c1-7(18)13(2,3)15-12(19)11-9-6-8(14)4-5-10(9)16-17-11/h4-7,18H,14H2,1-3H3,(H,15,19)(H,16,17). The van der Waals surface area contributed by atoms with Gasteiger partial charge in [-0.25, -0.2) is 0 Å². The van der Waals surface area contributed by atoms with E-state index in [2.05, 4.69) is 15.5 Å². The van der Waals surface area contributed by atoms with Gasteiger partial charge in [0.25, 0.3) is 5.91 Å². The van der Waals surface area contributed by atoms with Gasteiger partial charge in [-0.05, 0) is 39.0 Å². The van der Waals surface area contributed by atoms with Gasteiger partial charge in [0.05, 0.1) is 17.2 Å². The summed E-state index contributed by atoms with van der Waals surface area (Å²) in [5, 5.41) is 19.8. The zero-order chi connectivity index (χ0) is 14.2. The van der Waals surface area contributed by atoms with Gasteiger partial charge in [-0.15, -0.1) is 0 Å². The number of H-pyrrole nitrogens is 1. The Labute approximate surface area is 111 Å². The van der Waals surface area contributed by atoms with Gasteiger partial charge in [-0.3, -0.25) is 9.89 Å². The van der Waals surface area contributed by atoms with Crippen molar-refractivity contribution < 1.29 is 9.90 Å². The molecular formula is C13H18N4O2. The highest BCUT2D eigenvalue weighted by molar-refractivity contribution is 6.05. The number of hydrogen-bond acceptors (Lipinski definition) is 4. The van der Waals surface area contributed by atoms with Crippen LogP contribution in [0.5, 0.6) is 0 Å². The Hall–Kier alpha value is -2.08. The van der Waals surface area contributed by atoms with E-state index in [1.165, 1.54) is 0 Å². The molecule has 2 rings (SSSR count). The number of nitrogen functional groups attached to an aromatic ring is 1. The monoisotopic (exact) mass is 262 g/mol.